The lowest BCUT2D eigenvalue weighted by molar-refractivity contribution is 0.0186. The van der Waals surface area contributed by atoms with Crippen LogP contribution < -0.4 is 5.73 Å². The quantitative estimate of drug-likeness (QED) is 0.865. The van der Waals surface area contributed by atoms with E-state index in [0.717, 1.165) is 12.0 Å². The number of nitrogens with zero attached hydrogens (tertiary/aromatic N) is 1. The predicted molar refractivity (Wildman–Crippen MR) is 84.6 cm³/mol. The van der Waals surface area contributed by atoms with Gasteiger partial charge in [0.15, 0.2) is 0 Å². The van der Waals surface area contributed by atoms with Crippen LogP contribution >= 0.6 is 11.6 Å². The first-order valence-electron chi connectivity index (χ1n) is 7.25. The number of amides is 1. The molecule has 1 heterocycles. The molecule has 1 aromatic rings. The monoisotopic (exact) mass is 310 g/mol. The first-order valence-corrected chi connectivity index (χ1v) is 7.63. The van der Waals surface area contributed by atoms with E-state index in [4.69, 9.17) is 22.1 Å². The molecule has 4 nitrogen and oxygen atoms in total. The van der Waals surface area contributed by atoms with Crippen molar-refractivity contribution < 1.29 is 9.53 Å². The number of rotatable bonds is 1. The Morgan fingerprint density at radius 3 is 2.52 bits per heavy atom. The van der Waals surface area contributed by atoms with E-state index in [1.807, 2.05) is 45.0 Å². The topological polar surface area (TPSA) is 55.6 Å². The van der Waals surface area contributed by atoms with Gasteiger partial charge in [-0.25, -0.2) is 4.79 Å². The van der Waals surface area contributed by atoms with Gasteiger partial charge >= 0.3 is 6.09 Å². The maximum atomic E-state index is 12.2. The van der Waals surface area contributed by atoms with Crippen molar-refractivity contribution in [1.82, 2.24) is 4.90 Å². The highest BCUT2D eigenvalue weighted by atomic mass is 35.5. The van der Waals surface area contributed by atoms with E-state index in [9.17, 15) is 4.79 Å². The molecule has 2 atom stereocenters. The third-order valence-corrected chi connectivity index (χ3v) is 3.87. The number of carbonyl (C=O) groups is 1. The molecule has 0 spiro atoms. The lowest BCUT2D eigenvalue weighted by atomic mass is 9.87. The van der Waals surface area contributed by atoms with Crippen molar-refractivity contribution >= 4 is 17.7 Å². The van der Waals surface area contributed by atoms with Crippen LogP contribution in [0.15, 0.2) is 24.3 Å². The van der Waals surface area contributed by atoms with E-state index in [0.29, 0.717) is 18.1 Å². The number of piperidine rings is 1. The van der Waals surface area contributed by atoms with Crippen molar-refractivity contribution in [3.8, 4) is 0 Å². The molecule has 1 aromatic carbocycles. The van der Waals surface area contributed by atoms with Crippen LogP contribution in [0.4, 0.5) is 4.79 Å². The van der Waals surface area contributed by atoms with Crippen LogP contribution in [0.3, 0.4) is 0 Å². The highest BCUT2D eigenvalue weighted by Crippen LogP contribution is 2.28. The Kier molecular flexibility index (Phi) is 4.79. The van der Waals surface area contributed by atoms with E-state index >= 15 is 0 Å². The van der Waals surface area contributed by atoms with Crippen LogP contribution in [0.2, 0.25) is 5.02 Å². The number of ether oxygens (including phenoxy) is 1. The molecule has 0 radical (unpaired) electrons. The van der Waals surface area contributed by atoms with Crippen molar-refractivity contribution in [3.05, 3.63) is 34.9 Å². The summed E-state index contributed by atoms with van der Waals surface area (Å²) in [5, 5.41) is 0.701. The lowest BCUT2D eigenvalue weighted by Gasteiger charge is -2.37. The normalized spacial score (nSPS) is 23.0. The molecule has 1 amide bonds. The van der Waals surface area contributed by atoms with Gasteiger partial charge in [-0.3, -0.25) is 0 Å². The summed E-state index contributed by atoms with van der Waals surface area (Å²) in [7, 11) is 0. The Hall–Kier alpha value is -1.26. The average Bonchev–Trinajstić information content (AvgIpc) is 2.38. The van der Waals surface area contributed by atoms with Crippen molar-refractivity contribution in [3.63, 3.8) is 0 Å². The van der Waals surface area contributed by atoms with Crippen LogP contribution in [0.1, 0.15) is 38.7 Å². The number of carbonyl (C=O) groups excluding carboxylic acids is 1. The minimum Gasteiger partial charge on any atom is -0.444 e. The van der Waals surface area contributed by atoms with Crippen molar-refractivity contribution in [1.29, 1.82) is 0 Å². The van der Waals surface area contributed by atoms with E-state index in [1.165, 1.54) is 0 Å². The van der Waals surface area contributed by atoms with Crippen LogP contribution in [0.25, 0.3) is 0 Å². The minimum absolute atomic E-state index is 0.0462. The van der Waals surface area contributed by atoms with Crippen LogP contribution in [-0.4, -0.2) is 35.7 Å². The van der Waals surface area contributed by atoms with Crippen molar-refractivity contribution in [2.24, 2.45) is 5.73 Å². The molecule has 1 fully saturated rings. The molecule has 0 saturated carbocycles. The van der Waals surface area contributed by atoms with Gasteiger partial charge in [0.1, 0.15) is 5.60 Å². The SMILES string of the molecule is CC(C)(C)OC(=O)N1CC[C@@H](N)[C@H](c2ccc(Cl)cc2)C1. The summed E-state index contributed by atoms with van der Waals surface area (Å²) in [6.07, 6.45) is 0.500. The molecule has 0 aromatic heterocycles. The van der Waals surface area contributed by atoms with Crippen LogP contribution in [0, 0.1) is 0 Å². The Labute approximate surface area is 131 Å². The highest BCUT2D eigenvalue weighted by Gasteiger charge is 2.32. The number of hydrogen-bond acceptors (Lipinski definition) is 3. The molecule has 1 aliphatic heterocycles. The Bertz CT molecular complexity index is 496. The third kappa shape index (κ3) is 4.35. The van der Waals surface area contributed by atoms with E-state index < -0.39 is 5.60 Å². The second kappa shape index (κ2) is 6.24. The molecule has 1 saturated heterocycles. The fraction of sp³-hybridized carbons (Fsp3) is 0.562. The van der Waals surface area contributed by atoms with Gasteiger partial charge in [-0.15, -0.1) is 0 Å². The summed E-state index contributed by atoms with van der Waals surface area (Å²) >= 11 is 5.92. The van der Waals surface area contributed by atoms with E-state index in [-0.39, 0.29) is 18.1 Å². The summed E-state index contributed by atoms with van der Waals surface area (Å²) in [4.78, 5) is 13.9. The Morgan fingerprint density at radius 1 is 1.33 bits per heavy atom. The molecular formula is C16H23ClN2O2. The lowest BCUT2D eigenvalue weighted by Crippen LogP contribution is -2.49. The zero-order chi connectivity index (χ0) is 15.6. The van der Waals surface area contributed by atoms with E-state index in [1.54, 1.807) is 4.90 Å². The summed E-state index contributed by atoms with van der Waals surface area (Å²) in [6, 6.07) is 7.72. The number of likely N-dealkylation sites (tertiary alicyclic amines) is 1. The molecule has 0 unspecified atom stereocenters. The minimum atomic E-state index is -0.480. The highest BCUT2D eigenvalue weighted by molar-refractivity contribution is 6.30. The van der Waals surface area contributed by atoms with Gasteiger partial charge in [0.25, 0.3) is 0 Å². The molecular weight excluding hydrogens is 288 g/mol. The number of nitrogens with two attached hydrogens (primary N) is 1. The molecule has 0 aliphatic carbocycles. The molecule has 2 rings (SSSR count). The largest absolute Gasteiger partial charge is 0.444 e. The van der Waals surface area contributed by atoms with Gasteiger partial charge in [0.05, 0.1) is 0 Å². The maximum Gasteiger partial charge on any atom is 0.410 e. The second-order valence-electron chi connectivity index (χ2n) is 6.54. The Balaban J connectivity index is 2.09. The number of halogens is 1. The zero-order valence-corrected chi connectivity index (χ0v) is 13.6. The summed E-state index contributed by atoms with van der Waals surface area (Å²) in [6.45, 7) is 6.84. The molecule has 21 heavy (non-hydrogen) atoms. The van der Waals surface area contributed by atoms with Gasteiger partial charge < -0.3 is 15.4 Å². The van der Waals surface area contributed by atoms with Crippen molar-refractivity contribution in [2.75, 3.05) is 13.1 Å². The maximum absolute atomic E-state index is 12.2. The summed E-state index contributed by atoms with van der Waals surface area (Å²) in [5.74, 6) is 0.114. The standard InChI is InChI=1S/C16H23ClN2O2/c1-16(2,3)21-15(20)19-9-8-14(18)13(10-19)11-4-6-12(17)7-5-11/h4-7,13-14H,8-10,18H2,1-3H3/t13-,14+/m0/s1. The third-order valence-electron chi connectivity index (χ3n) is 3.62. The van der Waals surface area contributed by atoms with Crippen LogP contribution in [0.5, 0.6) is 0 Å². The van der Waals surface area contributed by atoms with Gasteiger partial charge in [-0.1, -0.05) is 23.7 Å². The van der Waals surface area contributed by atoms with Gasteiger partial charge in [0, 0.05) is 30.1 Å². The first kappa shape index (κ1) is 16.1. The average molecular weight is 311 g/mol. The fourth-order valence-electron chi connectivity index (χ4n) is 2.53. The fourth-order valence-corrected chi connectivity index (χ4v) is 2.65. The summed E-state index contributed by atoms with van der Waals surface area (Å²) < 4.78 is 5.44. The van der Waals surface area contributed by atoms with Crippen molar-refractivity contribution in [2.45, 2.75) is 44.8 Å². The van der Waals surface area contributed by atoms with Crippen LogP contribution in [-0.2, 0) is 4.74 Å². The number of benzene rings is 1. The van der Waals surface area contributed by atoms with Gasteiger partial charge in [0.2, 0.25) is 0 Å². The smallest absolute Gasteiger partial charge is 0.410 e. The molecule has 5 heteroatoms. The molecule has 0 bridgehead atoms. The Morgan fingerprint density at radius 2 is 1.95 bits per heavy atom. The summed E-state index contributed by atoms with van der Waals surface area (Å²) in [5.41, 5.74) is 6.86. The first-order chi connectivity index (χ1) is 9.76. The molecule has 116 valence electrons. The zero-order valence-electron chi connectivity index (χ0n) is 12.8. The predicted octanol–water partition coefficient (Wildman–Crippen LogP) is 3.39. The number of hydrogen-bond donors (Lipinski definition) is 1. The van der Waals surface area contributed by atoms with Gasteiger partial charge in [-0.2, -0.15) is 0 Å². The van der Waals surface area contributed by atoms with Gasteiger partial charge in [-0.05, 0) is 44.9 Å². The molecule has 2 N–H and O–H groups in total. The van der Waals surface area contributed by atoms with E-state index in [2.05, 4.69) is 0 Å². The molecule has 1 aliphatic rings. The second-order valence-corrected chi connectivity index (χ2v) is 6.97.